The summed E-state index contributed by atoms with van der Waals surface area (Å²) in [7, 11) is 1.61. The van der Waals surface area contributed by atoms with Crippen molar-refractivity contribution in [1.82, 2.24) is 5.32 Å². The van der Waals surface area contributed by atoms with Crippen LogP contribution in [0.2, 0.25) is 0 Å². The minimum absolute atomic E-state index is 0.0842. The summed E-state index contributed by atoms with van der Waals surface area (Å²) >= 11 is 0. The van der Waals surface area contributed by atoms with Crippen LogP contribution in [-0.2, 0) is 9.59 Å². The van der Waals surface area contributed by atoms with E-state index in [1.165, 1.54) is 0 Å². The van der Waals surface area contributed by atoms with Crippen molar-refractivity contribution in [1.29, 1.82) is 0 Å². The van der Waals surface area contributed by atoms with E-state index >= 15 is 0 Å². The number of carbonyl (C=O) groups excluding carboxylic acids is 2. The molecule has 0 spiro atoms. The Labute approximate surface area is 112 Å². The standard InChI is InChI=1S/C14H18N2O3/c1-9-8-11(19-3)4-5-12(9)16-7-6-13(17)15-10(2)14(16)18/h4-5,8,10H,6-7H2,1-3H3,(H,15,17). The highest BCUT2D eigenvalue weighted by Crippen LogP contribution is 2.26. The van der Waals surface area contributed by atoms with Crippen LogP contribution in [0.5, 0.6) is 5.75 Å². The van der Waals surface area contributed by atoms with Crippen molar-refractivity contribution < 1.29 is 14.3 Å². The minimum Gasteiger partial charge on any atom is -0.497 e. The zero-order valence-electron chi connectivity index (χ0n) is 11.4. The molecule has 1 saturated heterocycles. The Morgan fingerprint density at radius 2 is 2.11 bits per heavy atom. The number of benzene rings is 1. The van der Waals surface area contributed by atoms with Gasteiger partial charge in [0.25, 0.3) is 0 Å². The largest absolute Gasteiger partial charge is 0.497 e. The van der Waals surface area contributed by atoms with Crippen LogP contribution < -0.4 is 15.0 Å². The lowest BCUT2D eigenvalue weighted by Gasteiger charge is -2.24. The van der Waals surface area contributed by atoms with Crippen LogP contribution >= 0.6 is 0 Å². The molecule has 1 aliphatic heterocycles. The van der Waals surface area contributed by atoms with Crippen molar-refractivity contribution in [3.05, 3.63) is 23.8 Å². The van der Waals surface area contributed by atoms with E-state index in [2.05, 4.69) is 5.32 Å². The second-order valence-electron chi connectivity index (χ2n) is 4.68. The van der Waals surface area contributed by atoms with Crippen LogP contribution in [0.4, 0.5) is 5.69 Å². The van der Waals surface area contributed by atoms with Gasteiger partial charge in [0.1, 0.15) is 11.8 Å². The number of rotatable bonds is 2. The van der Waals surface area contributed by atoms with E-state index in [0.717, 1.165) is 17.0 Å². The Balaban J connectivity index is 2.34. The molecule has 0 saturated carbocycles. The third-order valence-corrected chi connectivity index (χ3v) is 3.27. The first-order chi connectivity index (χ1) is 9.02. The van der Waals surface area contributed by atoms with Gasteiger partial charge in [0, 0.05) is 18.7 Å². The Bertz CT molecular complexity index is 513. The summed E-state index contributed by atoms with van der Waals surface area (Å²) in [6, 6.07) is 5.07. The molecular formula is C14H18N2O3. The van der Waals surface area contributed by atoms with Gasteiger partial charge < -0.3 is 15.0 Å². The van der Waals surface area contributed by atoms with Gasteiger partial charge in [-0.25, -0.2) is 0 Å². The summed E-state index contributed by atoms with van der Waals surface area (Å²) in [5, 5.41) is 2.68. The smallest absolute Gasteiger partial charge is 0.249 e. The first-order valence-electron chi connectivity index (χ1n) is 6.28. The molecule has 5 nitrogen and oxygen atoms in total. The summed E-state index contributed by atoms with van der Waals surface area (Å²) in [5.74, 6) is 0.583. The van der Waals surface area contributed by atoms with Crippen LogP contribution in [0.3, 0.4) is 0 Å². The number of hydrogen-bond acceptors (Lipinski definition) is 3. The van der Waals surface area contributed by atoms with Gasteiger partial charge in [-0.15, -0.1) is 0 Å². The van der Waals surface area contributed by atoms with E-state index in [0.29, 0.717) is 13.0 Å². The van der Waals surface area contributed by atoms with Gasteiger partial charge in [-0.05, 0) is 37.6 Å². The maximum absolute atomic E-state index is 12.3. The van der Waals surface area contributed by atoms with Gasteiger partial charge >= 0.3 is 0 Å². The summed E-state index contributed by atoms with van der Waals surface area (Å²) in [4.78, 5) is 25.4. The molecule has 0 bridgehead atoms. The summed E-state index contributed by atoms with van der Waals surface area (Å²) in [6.45, 7) is 4.04. The lowest BCUT2D eigenvalue weighted by atomic mass is 10.1. The van der Waals surface area contributed by atoms with Gasteiger partial charge in [0.2, 0.25) is 11.8 Å². The number of nitrogens with one attached hydrogen (secondary N) is 1. The summed E-state index contributed by atoms with van der Waals surface area (Å²) in [5.41, 5.74) is 1.78. The molecule has 1 aliphatic rings. The zero-order valence-corrected chi connectivity index (χ0v) is 11.4. The Kier molecular flexibility index (Phi) is 3.74. The van der Waals surface area contributed by atoms with Crippen molar-refractivity contribution in [3.8, 4) is 5.75 Å². The molecule has 2 amide bonds. The number of aryl methyl sites for hydroxylation is 1. The monoisotopic (exact) mass is 262 g/mol. The van der Waals surface area contributed by atoms with E-state index in [9.17, 15) is 9.59 Å². The van der Waals surface area contributed by atoms with E-state index in [1.54, 1.807) is 18.9 Å². The number of methoxy groups -OCH3 is 1. The van der Waals surface area contributed by atoms with Crippen LogP contribution in [0.15, 0.2) is 18.2 Å². The number of nitrogens with zero attached hydrogens (tertiary/aromatic N) is 1. The highest BCUT2D eigenvalue weighted by atomic mass is 16.5. The SMILES string of the molecule is COc1ccc(N2CCC(=O)NC(C)C2=O)c(C)c1. The van der Waals surface area contributed by atoms with Crippen LogP contribution in [0.1, 0.15) is 18.9 Å². The average molecular weight is 262 g/mol. The number of hydrogen-bond donors (Lipinski definition) is 1. The molecule has 0 aliphatic carbocycles. The fraction of sp³-hybridized carbons (Fsp3) is 0.429. The molecule has 1 atom stereocenters. The van der Waals surface area contributed by atoms with Gasteiger partial charge in [0.05, 0.1) is 7.11 Å². The quantitative estimate of drug-likeness (QED) is 0.872. The third kappa shape index (κ3) is 2.70. The van der Waals surface area contributed by atoms with E-state index < -0.39 is 6.04 Å². The average Bonchev–Trinajstić information content (AvgIpc) is 2.50. The van der Waals surface area contributed by atoms with Crippen molar-refractivity contribution in [2.45, 2.75) is 26.3 Å². The lowest BCUT2D eigenvalue weighted by molar-refractivity contribution is -0.125. The van der Waals surface area contributed by atoms with E-state index in [4.69, 9.17) is 4.74 Å². The first kappa shape index (κ1) is 13.4. The molecule has 1 heterocycles. The molecule has 1 unspecified atom stereocenters. The third-order valence-electron chi connectivity index (χ3n) is 3.27. The van der Waals surface area contributed by atoms with E-state index in [1.807, 2.05) is 25.1 Å². The normalized spacial score (nSPS) is 19.9. The summed E-state index contributed by atoms with van der Waals surface area (Å²) < 4.78 is 5.16. The van der Waals surface area contributed by atoms with Gasteiger partial charge in [-0.3, -0.25) is 9.59 Å². The van der Waals surface area contributed by atoms with Crippen LogP contribution in [0, 0.1) is 6.92 Å². The summed E-state index contributed by atoms with van der Waals surface area (Å²) in [6.07, 6.45) is 0.321. The fourth-order valence-electron chi connectivity index (χ4n) is 2.23. The molecule has 1 N–H and O–H groups in total. The first-order valence-corrected chi connectivity index (χ1v) is 6.28. The Morgan fingerprint density at radius 1 is 1.37 bits per heavy atom. The highest BCUT2D eigenvalue weighted by molar-refractivity contribution is 6.01. The maximum atomic E-state index is 12.3. The second-order valence-corrected chi connectivity index (χ2v) is 4.68. The molecule has 19 heavy (non-hydrogen) atoms. The molecule has 5 heteroatoms. The predicted octanol–water partition coefficient (Wildman–Crippen LogP) is 1.25. The number of carbonyl (C=O) groups is 2. The van der Waals surface area contributed by atoms with Crippen molar-refractivity contribution in [2.24, 2.45) is 0 Å². The topological polar surface area (TPSA) is 58.6 Å². The molecule has 1 aromatic carbocycles. The number of ether oxygens (including phenoxy) is 1. The maximum Gasteiger partial charge on any atom is 0.249 e. The van der Waals surface area contributed by atoms with Crippen LogP contribution in [-0.4, -0.2) is 31.5 Å². The van der Waals surface area contributed by atoms with Gasteiger partial charge in [0.15, 0.2) is 0 Å². The molecule has 1 fully saturated rings. The predicted molar refractivity (Wildman–Crippen MR) is 72.3 cm³/mol. The number of anilines is 1. The lowest BCUT2D eigenvalue weighted by Crippen LogP contribution is -2.42. The molecule has 102 valence electrons. The minimum atomic E-state index is -0.489. The van der Waals surface area contributed by atoms with Crippen LogP contribution in [0.25, 0.3) is 0 Å². The van der Waals surface area contributed by atoms with Gasteiger partial charge in [-0.1, -0.05) is 0 Å². The van der Waals surface area contributed by atoms with Gasteiger partial charge in [-0.2, -0.15) is 0 Å². The highest BCUT2D eigenvalue weighted by Gasteiger charge is 2.28. The Morgan fingerprint density at radius 3 is 2.74 bits per heavy atom. The molecule has 1 aromatic rings. The van der Waals surface area contributed by atoms with E-state index in [-0.39, 0.29) is 11.8 Å². The fourth-order valence-corrected chi connectivity index (χ4v) is 2.23. The number of amides is 2. The molecular weight excluding hydrogens is 244 g/mol. The molecule has 0 aromatic heterocycles. The molecule has 0 radical (unpaired) electrons. The molecule has 2 rings (SSSR count). The van der Waals surface area contributed by atoms with Crippen molar-refractivity contribution in [3.63, 3.8) is 0 Å². The Hall–Kier alpha value is -2.04. The zero-order chi connectivity index (χ0) is 14.0. The van der Waals surface area contributed by atoms with Crippen molar-refractivity contribution in [2.75, 3.05) is 18.6 Å². The van der Waals surface area contributed by atoms with Crippen molar-refractivity contribution >= 4 is 17.5 Å². The second kappa shape index (κ2) is 5.30.